The molecule has 0 atom stereocenters. The number of hydrogen-bond acceptors (Lipinski definition) is 5. The van der Waals surface area contributed by atoms with E-state index in [-0.39, 0.29) is 0 Å². The normalized spacial score (nSPS) is 18.6. The van der Waals surface area contributed by atoms with E-state index >= 15 is 0 Å². The first-order valence-corrected chi connectivity index (χ1v) is 13.9. The SMILES string of the molecule is CC.CC.CC(C)CCN1CCN(C(C)C)CC1.CNCCCN1CCN(C(C)C)CC1. The Kier molecular flexibility index (Phi) is 24.0. The van der Waals surface area contributed by atoms with E-state index < -0.39 is 0 Å². The molecule has 0 aromatic heterocycles. The summed E-state index contributed by atoms with van der Waals surface area (Å²) < 4.78 is 0. The lowest BCUT2D eigenvalue weighted by Gasteiger charge is -2.37. The van der Waals surface area contributed by atoms with Gasteiger partial charge in [0.1, 0.15) is 0 Å². The van der Waals surface area contributed by atoms with Crippen LogP contribution in [0.15, 0.2) is 0 Å². The van der Waals surface area contributed by atoms with Gasteiger partial charge >= 0.3 is 0 Å². The summed E-state index contributed by atoms with van der Waals surface area (Å²) in [6.07, 6.45) is 2.62. The molecule has 2 aliphatic heterocycles. The van der Waals surface area contributed by atoms with Crippen molar-refractivity contribution in [3.63, 3.8) is 0 Å². The van der Waals surface area contributed by atoms with Gasteiger partial charge in [-0.15, -0.1) is 0 Å². The monoisotopic (exact) mass is 458 g/mol. The van der Waals surface area contributed by atoms with Crippen LogP contribution >= 0.6 is 0 Å². The Bertz CT molecular complexity index is 357. The van der Waals surface area contributed by atoms with E-state index in [0.29, 0.717) is 0 Å². The van der Waals surface area contributed by atoms with Crippen molar-refractivity contribution in [3.8, 4) is 0 Å². The number of nitrogens with one attached hydrogen (secondary N) is 1. The predicted octanol–water partition coefficient (Wildman–Crippen LogP) is 4.73. The molecule has 5 heteroatoms. The van der Waals surface area contributed by atoms with E-state index in [2.05, 4.69) is 66.5 Å². The highest BCUT2D eigenvalue weighted by atomic mass is 15.3. The van der Waals surface area contributed by atoms with Crippen LogP contribution in [0.1, 0.15) is 82.1 Å². The zero-order valence-electron chi connectivity index (χ0n) is 24.2. The van der Waals surface area contributed by atoms with Crippen molar-refractivity contribution < 1.29 is 0 Å². The van der Waals surface area contributed by atoms with Gasteiger partial charge in [0.25, 0.3) is 0 Å². The van der Waals surface area contributed by atoms with Crippen molar-refractivity contribution >= 4 is 0 Å². The first-order valence-electron chi connectivity index (χ1n) is 13.9. The minimum Gasteiger partial charge on any atom is -0.320 e. The Labute approximate surface area is 204 Å². The third-order valence-corrected chi connectivity index (χ3v) is 6.20. The summed E-state index contributed by atoms with van der Waals surface area (Å²) in [5.41, 5.74) is 0. The second-order valence-electron chi connectivity index (χ2n) is 9.58. The molecule has 1 N–H and O–H groups in total. The second kappa shape index (κ2) is 22.6. The van der Waals surface area contributed by atoms with Gasteiger partial charge in [0.2, 0.25) is 0 Å². The van der Waals surface area contributed by atoms with Gasteiger partial charge in [-0.05, 0) is 73.1 Å². The number of nitrogens with zero attached hydrogens (tertiary/aromatic N) is 4. The van der Waals surface area contributed by atoms with Crippen LogP contribution in [0.4, 0.5) is 0 Å². The Hall–Kier alpha value is -0.200. The first-order chi connectivity index (χ1) is 15.3. The molecule has 32 heavy (non-hydrogen) atoms. The van der Waals surface area contributed by atoms with Gasteiger partial charge < -0.3 is 15.1 Å². The van der Waals surface area contributed by atoms with E-state index in [1.165, 1.54) is 78.3 Å². The maximum absolute atomic E-state index is 3.20. The van der Waals surface area contributed by atoms with Crippen LogP contribution in [0, 0.1) is 5.92 Å². The lowest BCUT2D eigenvalue weighted by Crippen LogP contribution is -2.49. The van der Waals surface area contributed by atoms with Crippen LogP contribution < -0.4 is 5.32 Å². The fourth-order valence-electron chi connectivity index (χ4n) is 3.93. The van der Waals surface area contributed by atoms with E-state index in [0.717, 1.165) is 24.5 Å². The third kappa shape index (κ3) is 17.3. The summed E-state index contributed by atoms with van der Waals surface area (Å²) in [6, 6.07) is 1.44. The Morgan fingerprint density at radius 3 is 1.28 bits per heavy atom. The summed E-state index contributed by atoms with van der Waals surface area (Å²) >= 11 is 0. The van der Waals surface area contributed by atoms with Crippen LogP contribution in [-0.4, -0.2) is 111 Å². The summed E-state index contributed by atoms with van der Waals surface area (Å²) in [4.78, 5) is 10.3. The fourth-order valence-corrected chi connectivity index (χ4v) is 3.93. The molecule has 0 saturated carbocycles. The van der Waals surface area contributed by atoms with Crippen molar-refractivity contribution in [3.05, 3.63) is 0 Å². The molecule has 2 rings (SSSR count). The van der Waals surface area contributed by atoms with E-state index in [1.807, 2.05) is 34.7 Å². The molecule has 2 aliphatic rings. The zero-order chi connectivity index (χ0) is 24.9. The highest BCUT2D eigenvalue weighted by Crippen LogP contribution is 2.08. The average molecular weight is 458 g/mol. The molecule has 0 radical (unpaired) electrons. The number of piperazine rings is 2. The van der Waals surface area contributed by atoms with Crippen molar-refractivity contribution in [2.75, 3.05) is 79.0 Å². The molecule has 0 aromatic rings. The molecule has 196 valence electrons. The van der Waals surface area contributed by atoms with Gasteiger partial charge in [-0.3, -0.25) is 9.80 Å². The Balaban J connectivity index is 0. The highest BCUT2D eigenvalue weighted by molar-refractivity contribution is 4.75. The van der Waals surface area contributed by atoms with E-state index in [9.17, 15) is 0 Å². The first kappa shape index (κ1) is 34.0. The topological polar surface area (TPSA) is 25.0 Å². The van der Waals surface area contributed by atoms with Gasteiger partial charge in [-0.2, -0.15) is 0 Å². The molecular weight excluding hydrogens is 394 g/mol. The van der Waals surface area contributed by atoms with Gasteiger partial charge in [-0.25, -0.2) is 0 Å². The largest absolute Gasteiger partial charge is 0.320 e. The molecule has 0 bridgehead atoms. The smallest absolute Gasteiger partial charge is 0.0113 e. The lowest BCUT2D eigenvalue weighted by molar-refractivity contribution is 0.105. The Morgan fingerprint density at radius 1 is 0.594 bits per heavy atom. The molecule has 5 nitrogen and oxygen atoms in total. The minimum atomic E-state index is 0.717. The van der Waals surface area contributed by atoms with Crippen LogP contribution in [0.25, 0.3) is 0 Å². The van der Waals surface area contributed by atoms with Crippen LogP contribution in [0.5, 0.6) is 0 Å². The quantitative estimate of drug-likeness (QED) is 0.505. The van der Waals surface area contributed by atoms with Crippen LogP contribution in [0.3, 0.4) is 0 Å². The zero-order valence-corrected chi connectivity index (χ0v) is 24.2. The number of rotatable bonds is 9. The maximum atomic E-state index is 3.20. The minimum absolute atomic E-state index is 0.717. The molecular formula is C27H63N5. The lowest BCUT2D eigenvalue weighted by atomic mass is 10.1. The van der Waals surface area contributed by atoms with Crippen LogP contribution in [-0.2, 0) is 0 Å². The van der Waals surface area contributed by atoms with Gasteiger partial charge in [0.05, 0.1) is 0 Å². The summed E-state index contributed by atoms with van der Waals surface area (Å²) in [7, 11) is 2.02. The van der Waals surface area contributed by atoms with Crippen molar-refractivity contribution in [2.45, 2.75) is 94.2 Å². The van der Waals surface area contributed by atoms with Gasteiger partial charge in [0, 0.05) is 64.4 Å². The van der Waals surface area contributed by atoms with E-state index in [1.54, 1.807) is 0 Å². The fraction of sp³-hybridized carbons (Fsp3) is 1.00. The maximum Gasteiger partial charge on any atom is 0.0113 e. The van der Waals surface area contributed by atoms with Crippen molar-refractivity contribution in [1.29, 1.82) is 0 Å². The van der Waals surface area contributed by atoms with Crippen molar-refractivity contribution in [2.24, 2.45) is 5.92 Å². The number of hydrogen-bond donors (Lipinski definition) is 1. The van der Waals surface area contributed by atoms with Crippen molar-refractivity contribution in [1.82, 2.24) is 24.9 Å². The highest BCUT2D eigenvalue weighted by Gasteiger charge is 2.19. The molecule has 0 spiro atoms. The molecule has 0 aliphatic carbocycles. The van der Waals surface area contributed by atoms with Gasteiger partial charge in [0.15, 0.2) is 0 Å². The molecule has 2 saturated heterocycles. The second-order valence-corrected chi connectivity index (χ2v) is 9.58. The van der Waals surface area contributed by atoms with Gasteiger partial charge in [-0.1, -0.05) is 41.5 Å². The molecule has 2 fully saturated rings. The molecule has 0 unspecified atom stereocenters. The third-order valence-electron chi connectivity index (χ3n) is 6.20. The predicted molar refractivity (Wildman–Crippen MR) is 147 cm³/mol. The summed E-state index contributed by atoms with van der Waals surface area (Å²) in [5, 5.41) is 3.20. The Morgan fingerprint density at radius 2 is 0.969 bits per heavy atom. The molecule has 0 aromatic carbocycles. The molecule has 2 heterocycles. The van der Waals surface area contributed by atoms with Crippen LogP contribution in [0.2, 0.25) is 0 Å². The summed E-state index contributed by atoms with van der Waals surface area (Å²) in [5.74, 6) is 0.845. The molecule has 0 amide bonds. The average Bonchev–Trinajstić information content (AvgIpc) is 2.81. The summed E-state index contributed by atoms with van der Waals surface area (Å²) in [6.45, 7) is 35.5. The standard InChI is InChI=1S/C12H26N2.C11H25N3.2C2H6/c1-11(2)5-6-13-7-9-14(10-8-13)12(3)4;1-11(2)14-9-7-13(8-10-14)6-4-5-12-3;2*1-2/h11-12H,5-10H2,1-4H3;11-12H,4-10H2,1-3H3;2*1-2H3. The van der Waals surface area contributed by atoms with E-state index in [4.69, 9.17) is 0 Å².